The molecule has 3 aliphatic rings. The Balaban J connectivity index is 1.39. The summed E-state index contributed by atoms with van der Waals surface area (Å²) in [6.07, 6.45) is 6.11. The number of likely N-dealkylation sites (tertiary alicyclic amines) is 1. The predicted octanol–water partition coefficient (Wildman–Crippen LogP) is 6.20. The van der Waals surface area contributed by atoms with Gasteiger partial charge in [0, 0.05) is 48.6 Å². The minimum absolute atomic E-state index is 0.0223. The molecule has 6 atom stereocenters. The number of hydrogen-bond acceptors (Lipinski definition) is 5. The van der Waals surface area contributed by atoms with Crippen LogP contribution in [0.5, 0.6) is 0 Å². The van der Waals surface area contributed by atoms with Crippen LogP contribution in [0, 0.1) is 11.8 Å². The quantitative estimate of drug-likeness (QED) is 0.122. The Kier molecular flexibility index (Phi) is 10.2. The summed E-state index contributed by atoms with van der Waals surface area (Å²) in [4.78, 5) is 49.5. The molecule has 0 saturated carbocycles. The molecule has 3 aromatic rings. The molecule has 3 aliphatic heterocycles. The molecule has 7 nitrogen and oxygen atoms in total. The number of aliphatic hydroxyl groups is 1. The maximum absolute atomic E-state index is 15.0. The smallest absolute Gasteiger partial charge is 0.251 e. The summed E-state index contributed by atoms with van der Waals surface area (Å²) < 4.78 is -0.757. The SMILES string of the molecule is C=CCN(Cc1ccccc1)C(=O)[C@H]1[C@H]2C(=O)N(CCCCCO)C(C(=O)N(CC=C)c3ccc4ccccc4c3)C23CC(Br)[C@@H]1S3. The van der Waals surface area contributed by atoms with Crippen molar-refractivity contribution >= 4 is 61.9 Å². The van der Waals surface area contributed by atoms with Crippen molar-refractivity contribution in [2.24, 2.45) is 11.8 Å². The van der Waals surface area contributed by atoms with E-state index in [1.165, 1.54) is 0 Å². The van der Waals surface area contributed by atoms with Crippen molar-refractivity contribution in [1.82, 2.24) is 9.80 Å². The van der Waals surface area contributed by atoms with Gasteiger partial charge in [-0.1, -0.05) is 88.7 Å². The first-order chi connectivity index (χ1) is 22.8. The number of rotatable bonds is 14. The maximum atomic E-state index is 15.0. The summed E-state index contributed by atoms with van der Waals surface area (Å²) in [5, 5.41) is 11.4. The second-order valence-corrected chi connectivity index (χ2v) is 15.5. The molecule has 6 rings (SSSR count). The number of fused-ring (bicyclic) bond motifs is 2. The van der Waals surface area contributed by atoms with Gasteiger partial charge in [-0.15, -0.1) is 24.9 Å². The van der Waals surface area contributed by atoms with E-state index in [9.17, 15) is 14.7 Å². The highest BCUT2D eigenvalue weighted by Gasteiger charge is 2.76. The summed E-state index contributed by atoms with van der Waals surface area (Å²) in [5.41, 5.74) is 1.76. The molecule has 3 aromatic carbocycles. The normalized spacial score (nSPS) is 26.0. The number of thioether (sulfide) groups is 1. The summed E-state index contributed by atoms with van der Waals surface area (Å²) in [6.45, 7) is 9.43. The molecule has 0 radical (unpaired) electrons. The first-order valence-corrected chi connectivity index (χ1v) is 18.2. The molecule has 3 unspecified atom stereocenters. The Labute approximate surface area is 289 Å². The lowest BCUT2D eigenvalue weighted by Crippen LogP contribution is -2.56. The van der Waals surface area contributed by atoms with Crippen molar-refractivity contribution in [3.8, 4) is 0 Å². The van der Waals surface area contributed by atoms with Gasteiger partial charge in [-0.3, -0.25) is 14.4 Å². The van der Waals surface area contributed by atoms with E-state index in [0.29, 0.717) is 45.4 Å². The van der Waals surface area contributed by atoms with Crippen LogP contribution in [-0.4, -0.2) is 79.7 Å². The maximum Gasteiger partial charge on any atom is 0.251 e. The molecule has 3 fully saturated rings. The molecule has 0 aliphatic carbocycles. The molecule has 47 heavy (non-hydrogen) atoms. The lowest BCUT2D eigenvalue weighted by molar-refractivity contribution is -0.144. The number of carbonyl (C=O) groups excluding carboxylic acids is 3. The van der Waals surface area contributed by atoms with Crippen LogP contribution < -0.4 is 4.90 Å². The Bertz CT molecular complexity index is 1650. The van der Waals surface area contributed by atoms with E-state index in [1.807, 2.05) is 72.8 Å². The van der Waals surface area contributed by atoms with Gasteiger partial charge in [0.1, 0.15) is 6.04 Å². The van der Waals surface area contributed by atoms with Crippen molar-refractivity contribution in [2.75, 3.05) is 31.1 Å². The number of hydrogen-bond donors (Lipinski definition) is 1. The van der Waals surface area contributed by atoms with Crippen molar-refractivity contribution in [1.29, 1.82) is 0 Å². The molecule has 3 amide bonds. The van der Waals surface area contributed by atoms with Crippen molar-refractivity contribution in [3.05, 3.63) is 104 Å². The monoisotopic (exact) mass is 715 g/mol. The van der Waals surface area contributed by atoms with Gasteiger partial charge in [0.15, 0.2) is 0 Å². The number of unbranched alkanes of at least 4 members (excludes halogenated alkanes) is 2. The van der Waals surface area contributed by atoms with Crippen molar-refractivity contribution in [3.63, 3.8) is 0 Å². The Morgan fingerprint density at radius 3 is 2.40 bits per heavy atom. The van der Waals surface area contributed by atoms with E-state index < -0.39 is 22.6 Å². The van der Waals surface area contributed by atoms with Crippen LogP contribution in [0.15, 0.2) is 98.1 Å². The number of nitrogens with zero attached hydrogens (tertiary/aromatic N) is 3. The fourth-order valence-electron chi connectivity index (χ4n) is 7.85. The fourth-order valence-corrected chi connectivity index (χ4v) is 11.4. The van der Waals surface area contributed by atoms with E-state index in [4.69, 9.17) is 0 Å². The standard InChI is InChI=1S/C38H42BrN3O4S/c1-3-19-40(25-26-13-7-5-8-14-26)35(44)31-32-36(45)42(21-11-6-12-22-43)34(38(32)24-30(39)33(31)47-38)37(46)41(20-4-2)29-18-17-27-15-9-10-16-28(27)23-29/h3-5,7-10,13-18,23,30-34,43H,1-2,6,11-12,19-22,24-25H2/t30?,31-,32-,33-,34?,38?/m0/s1. The Morgan fingerprint density at radius 1 is 0.957 bits per heavy atom. The second-order valence-electron chi connectivity index (χ2n) is 12.7. The van der Waals surface area contributed by atoms with E-state index in [-0.39, 0.29) is 34.4 Å². The average Bonchev–Trinajstić information content (AvgIpc) is 3.68. The van der Waals surface area contributed by atoms with E-state index in [2.05, 4.69) is 29.1 Å². The van der Waals surface area contributed by atoms with Crippen molar-refractivity contribution in [2.45, 2.75) is 53.1 Å². The Morgan fingerprint density at radius 2 is 1.68 bits per heavy atom. The van der Waals surface area contributed by atoms with Crippen LogP contribution in [0.25, 0.3) is 10.8 Å². The highest BCUT2D eigenvalue weighted by atomic mass is 79.9. The molecule has 246 valence electrons. The van der Waals surface area contributed by atoms with Gasteiger partial charge < -0.3 is 19.8 Å². The van der Waals surface area contributed by atoms with Crippen LogP contribution >= 0.6 is 27.7 Å². The van der Waals surface area contributed by atoms with Gasteiger partial charge in [-0.25, -0.2) is 0 Å². The second kappa shape index (κ2) is 14.4. The highest BCUT2D eigenvalue weighted by molar-refractivity contribution is 9.09. The third-order valence-electron chi connectivity index (χ3n) is 9.87. The lowest BCUT2D eigenvalue weighted by Gasteiger charge is -2.38. The number of carbonyl (C=O) groups is 3. The Hall–Kier alpha value is -3.40. The number of amides is 3. The highest BCUT2D eigenvalue weighted by Crippen LogP contribution is 2.68. The number of halogens is 1. The number of benzene rings is 3. The fraction of sp³-hybridized carbons (Fsp3) is 0.395. The minimum atomic E-state index is -0.757. The number of alkyl halides is 1. The topological polar surface area (TPSA) is 81.2 Å². The zero-order chi connectivity index (χ0) is 33.1. The summed E-state index contributed by atoms with van der Waals surface area (Å²) in [5.74, 6) is -1.51. The third-order valence-corrected chi connectivity index (χ3v) is 13.1. The van der Waals surface area contributed by atoms with Crippen LogP contribution in [0.4, 0.5) is 5.69 Å². The molecule has 1 N–H and O–H groups in total. The molecular weight excluding hydrogens is 674 g/mol. The summed E-state index contributed by atoms with van der Waals surface area (Å²) >= 11 is 5.57. The van der Waals surface area contributed by atoms with Crippen LogP contribution in [0.2, 0.25) is 0 Å². The zero-order valence-corrected chi connectivity index (χ0v) is 29.0. The molecular formula is C38H42BrN3O4S. The van der Waals surface area contributed by atoms with Gasteiger partial charge in [0.05, 0.1) is 16.6 Å². The van der Waals surface area contributed by atoms with Gasteiger partial charge >= 0.3 is 0 Å². The van der Waals surface area contributed by atoms with E-state index >= 15 is 4.79 Å². The van der Waals surface area contributed by atoms with E-state index in [0.717, 1.165) is 28.4 Å². The molecule has 2 bridgehead atoms. The predicted molar refractivity (Wildman–Crippen MR) is 193 cm³/mol. The number of anilines is 1. The first-order valence-electron chi connectivity index (χ1n) is 16.4. The molecule has 9 heteroatoms. The number of aliphatic hydroxyl groups excluding tert-OH is 1. The molecule has 1 spiro atoms. The lowest BCUT2D eigenvalue weighted by atomic mass is 9.70. The van der Waals surface area contributed by atoms with Gasteiger partial charge in [0.2, 0.25) is 11.8 Å². The van der Waals surface area contributed by atoms with Crippen molar-refractivity contribution < 1.29 is 19.5 Å². The largest absolute Gasteiger partial charge is 0.396 e. The first kappa shape index (κ1) is 33.5. The molecule has 3 saturated heterocycles. The van der Waals surface area contributed by atoms with Gasteiger partial charge in [-0.05, 0) is 54.2 Å². The molecule has 3 heterocycles. The summed E-state index contributed by atoms with van der Waals surface area (Å²) in [7, 11) is 0. The average molecular weight is 717 g/mol. The van der Waals surface area contributed by atoms with Crippen LogP contribution in [-0.2, 0) is 20.9 Å². The third kappa shape index (κ3) is 6.18. The van der Waals surface area contributed by atoms with Crippen LogP contribution in [0.3, 0.4) is 0 Å². The summed E-state index contributed by atoms with van der Waals surface area (Å²) in [6, 6.07) is 23.2. The van der Waals surface area contributed by atoms with Gasteiger partial charge in [0.25, 0.3) is 5.91 Å². The minimum Gasteiger partial charge on any atom is -0.396 e. The van der Waals surface area contributed by atoms with Gasteiger partial charge in [-0.2, -0.15) is 0 Å². The molecule has 0 aromatic heterocycles. The van der Waals surface area contributed by atoms with Crippen LogP contribution in [0.1, 0.15) is 31.2 Å². The van der Waals surface area contributed by atoms with E-state index in [1.54, 1.807) is 38.6 Å². The zero-order valence-electron chi connectivity index (χ0n) is 26.5.